The molecular formula is C19H18N4O2. The molecule has 126 valence electrons. The molecule has 1 saturated carbocycles. The molecule has 1 aliphatic carbocycles. The van der Waals surface area contributed by atoms with Crippen LogP contribution in [0.25, 0.3) is 5.69 Å². The lowest BCUT2D eigenvalue weighted by Gasteiger charge is -2.08. The van der Waals surface area contributed by atoms with Gasteiger partial charge in [0.15, 0.2) is 0 Å². The lowest BCUT2D eigenvalue weighted by molar-refractivity contribution is -0.117. The van der Waals surface area contributed by atoms with Gasteiger partial charge in [0, 0.05) is 11.6 Å². The molecule has 1 aliphatic rings. The number of anilines is 1. The molecule has 1 aromatic heterocycles. The van der Waals surface area contributed by atoms with Crippen LogP contribution in [0.15, 0.2) is 61.2 Å². The number of hydrogen-bond donors (Lipinski definition) is 1. The highest BCUT2D eigenvalue weighted by atomic mass is 16.5. The molecule has 0 aliphatic heterocycles. The number of aromatic nitrogens is 3. The van der Waals surface area contributed by atoms with Crippen LogP contribution >= 0.6 is 0 Å². The number of amides is 1. The Morgan fingerprint density at radius 2 is 1.92 bits per heavy atom. The van der Waals surface area contributed by atoms with Gasteiger partial charge < -0.3 is 10.1 Å². The second-order valence-electron chi connectivity index (χ2n) is 6.13. The first-order valence-electron chi connectivity index (χ1n) is 8.14. The third-order valence-corrected chi connectivity index (χ3v) is 4.50. The zero-order chi connectivity index (χ0) is 17.2. The van der Waals surface area contributed by atoms with Crippen molar-refractivity contribution in [2.45, 2.75) is 12.3 Å². The first-order valence-corrected chi connectivity index (χ1v) is 8.14. The van der Waals surface area contributed by atoms with E-state index in [9.17, 15) is 4.79 Å². The summed E-state index contributed by atoms with van der Waals surface area (Å²) in [6.45, 7) is 0. The molecule has 0 saturated heterocycles. The highest BCUT2D eigenvalue weighted by Gasteiger charge is 2.43. The van der Waals surface area contributed by atoms with Gasteiger partial charge in [0.1, 0.15) is 18.4 Å². The quantitative estimate of drug-likeness (QED) is 0.779. The van der Waals surface area contributed by atoms with Crippen LogP contribution in [0.2, 0.25) is 0 Å². The van der Waals surface area contributed by atoms with E-state index in [-0.39, 0.29) is 17.7 Å². The molecule has 1 heterocycles. The average molecular weight is 334 g/mol. The molecule has 0 unspecified atom stereocenters. The topological polar surface area (TPSA) is 69.0 Å². The van der Waals surface area contributed by atoms with Crippen LogP contribution in [0, 0.1) is 5.92 Å². The number of ether oxygens (including phenoxy) is 1. The molecule has 0 radical (unpaired) electrons. The summed E-state index contributed by atoms with van der Waals surface area (Å²) < 4.78 is 6.97. The van der Waals surface area contributed by atoms with Crippen LogP contribution in [-0.2, 0) is 4.79 Å². The second kappa shape index (κ2) is 6.39. The monoisotopic (exact) mass is 334 g/mol. The fraction of sp³-hybridized carbons (Fsp3) is 0.211. The molecule has 3 aromatic rings. The number of nitrogens with zero attached hydrogens (tertiary/aromatic N) is 3. The van der Waals surface area contributed by atoms with Gasteiger partial charge in [-0.05, 0) is 48.2 Å². The number of carbonyl (C=O) groups excluding carboxylic acids is 1. The van der Waals surface area contributed by atoms with Gasteiger partial charge in [-0.2, -0.15) is 0 Å². The molecule has 4 rings (SSSR count). The van der Waals surface area contributed by atoms with Crippen LogP contribution < -0.4 is 10.1 Å². The van der Waals surface area contributed by atoms with Gasteiger partial charge in [0.05, 0.1) is 12.8 Å². The van der Waals surface area contributed by atoms with Gasteiger partial charge in [-0.1, -0.05) is 18.2 Å². The summed E-state index contributed by atoms with van der Waals surface area (Å²) >= 11 is 0. The van der Waals surface area contributed by atoms with E-state index >= 15 is 0 Å². The third kappa shape index (κ3) is 3.24. The van der Waals surface area contributed by atoms with Crippen molar-refractivity contribution in [1.29, 1.82) is 0 Å². The van der Waals surface area contributed by atoms with Crippen molar-refractivity contribution in [2.75, 3.05) is 12.4 Å². The molecule has 6 heteroatoms. The Balaban J connectivity index is 1.42. The molecule has 1 amide bonds. The summed E-state index contributed by atoms with van der Waals surface area (Å²) in [5.41, 5.74) is 2.86. The van der Waals surface area contributed by atoms with Gasteiger partial charge in [0.2, 0.25) is 5.91 Å². The van der Waals surface area contributed by atoms with Gasteiger partial charge in [-0.3, -0.25) is 9.36 Å². The van der Waals surface area contributed by atoms with E-state index in [2.05, 4.69) is 15.5 Å². The standard InChI is InChI=1S/C19H18N4O2/c1-25-16-7-5-13(6-8-16)17-10-18(17)19(24)22-14-3-2-4-15(9-14)23-11-20-21-12-23/h2-9,11-12,17-18H,10H2,1H3,(H,22,24)/t17-,18-/m0/s1. The summed E-state index contributed by atoms with van der Waals surface area (Å²) in [5.74, 6) is 1.19. The summed E-state index contributed by atoms with van der Waals surface area (Å²) in [7, 11) is 1.65. The van der Waals surface area contributed by atoms with E-state index in [1.54, 1.807) is 24.3 Å². The minimum absolute atomic E-state index is 0.0203. The van der Waals surface area contributed by atoms with E-state index < -0.39 is 0 Å². The molecule has 2 aromatic carbocycles. The van der Waals surface area contributed by atoms with Gasteiger partial charge in [-0.25, -0.2) is 0 Å². The lowest BCUT2D eigenvalue weighted by atomic mass is 10.1. The fourth-order valence-electron chi connectivity index (χ4n) is 3.02. The van der Waals surface area contributed by atoms with E-state index in [1.165, 1.54) is 5.56 Å². The minimum atomic E-state index is 0.0203. The van der Waals surface area contributed by atoms with Crippen molar-refractivity contribution >= 4 is 11.6 Å². The number of methoxy groups -OCH3 is 1. The van der Waals surface area contributed by atoms with E-state index in [0.717, 1.165) is 23.5 Å². The molecule has 1 fully saturated rings. The Kier molecular flexibility index (Phi) is 3.93. The summed E-state index contributed by atoms with van der Waals surface area (Å²) in [4.78, 5) is 12.5. The van der Waals surface area contributed by atoms with Crippen molar-refractivity contribution in [2.24, 2.45) is 5.92 Å². The number of hydrogen-bond acceptors (Lipinski definition) is 4. The largest absolute Gasteiger partial charge is 0.497 e. The zero-order valence-corrected chi connectivity index (χ0v) is 13.8. The Hall–Kier alpha value is -3.15. The summed E-state index contributed by atoms with van der Waals surface area (Å²) in [5, 5.41) is 10.6. The highest BCUT2D eigenvalue weighted by Crippen LogP contribution is 2.48. The summed E-state index contributed by atoms with van der Waals surface area (Å²) in [6.07, 6.45) is 4.13. The van der Waals surface area contributed by atoms with E-state index in [1.807, 2.05) is 48.5 Å². The van der Waals surface area contributed by atoms with Crippen LogP contribution in [0.5, 0.6) is 5.75 Å². The van der Waals surface area contributed by atoms with Crippen molar-refractivity contribution in [1.82, 2.24) is 14.8 Å². The van der Waals surface area contributed by atoms with Crippen molar-refractivity contribution in [3.05, 3.63) is 66.7 Å². The number of benzene rings is 2. The molecular weight excluding hydrogens is 316 g/mol. The Bertz CT molecular complexity index is 875. The van der Waals surface area contributed by atoms with Gasteiger partial charge in [0.25, 0.3) is 0 Å². The van der Waals surface area contributed by atoms with Crippen LogP contribution in [-0.4, -0.2) is 27.8 Å². The molecule has 0 bridgehead atoms. The summed E-state index contributed by atoms with van der Waals surface area (Å²) in [6, 6.07) is 15.6. The lowest BCUT2D eigenvalue weighted by Crippen LogP contribution is -2.14. The maximum absolute atomic E-state index is 12.5. The Morgan fingerprint density at radius 3 is 2.64 bits per heavy atom. The molecule has 0 spiro atoms. The van der Waals surface area contributed by atoms with Crippen LogP contribution in [0.4, 0.5) is 5.69 Å². The maximum Gasteiger partial charge on any atom is 0.228 e. The van der Waals surface area contributed by atoms with Crippen LogP contribution in [0.3, 0.4) is 0 Å². The second-order valence-corrected chi connectivity index (χ2v) is 6.13. The van der Waals surface area contributed by atoms with Crippen molar-refractivity contribution < 1.29 is 9.53 Å². The number of nitrogens with one attached hydrogen (secondary N) is 1. The molecule has 2 atom stereocenters. The SMILES string of the molecule is COc1ccc([C@@H]2C[C@@H]2C(=O)Nc2cccc(-n3cnnc3)c2)cc1. The number of rotatable bonds is 5. The minimum Gasteiger partial charge on any atom is -0.497 e. The molecule has 25 heavy (non-hydrogen) atoms. The van der Waals surface area contributed by atoms with Crippen LogP contribution in [0.1, 0.15) is 17.9 Å². The fourth-order valence-corrected chi connectivity index (χ4v) is 3.02. The first kappa shape index (κ1) is 15.4. The Morgan fingerprint density at radius 1 is 1.16 bits per heavy atom. The van der Waals surface area contributed by atoms with Crippen molar-refractivity contribution in [3.63, 3.8) is 0 Å². The Labute approximate surface area is 145 Å². The van der Waals surface area contributed by atoms with Crippen molar-refractivity contribution in [3.8, 4) is 11.4 Å². The van der Waals surface area contributed by atoms with E-state index in [0.29, 0.717) is 0 Å². The van der Waals surface area contributed by atoms with Gasteiger partial charge >= 0.3 is 0 Å². The average Bonchev–Trinajstić information content (AvgIpc) is 3.27. The predicted molar refractivity (Wildman–Crippen MR) is 93.8 cm³/mol. The predicted octanol–water partition coefficient (Wildman–Crippen LogP) is 3.02. The third-order valence-electron chi connectivity index (χ3n) is 4.50. The number of carbonyl (C=O) groups is 1. The van der Waals surface area contributed by atoms with Gasteiger partial charge in [-0.15, -0.1) is 10.2 Å². The molecule has 1 N–H and O–H groups in total. The normalized spacial score (nSPS) is 18.6. The smallest absolute Gasteiger partial charge is 0.228 e. The molecule has 6 nitrogen and oxygen atoms in total. The maximum atomic E-state index is 12.5. The first-order chi connectivity index (χ1) is 12.2. The van der Waals surface area contributed by atoms with E-state index in [4.69, 9.17) is 4.74 Å². The zero-order valence-electron chi connectivity index (χ0n) is 13.8. The highest BCUT2D eigenvalue weighted by molar-refractivity contribution is 5.95.